The predicted molar refractivity (Wildman–Crippen MR) is 54.8 cm³/mol. The van der Waals surface area contributed by atoms with E-state index in [1.54, 1.807) is 0 Å². The Bertz CT molecular complexity index is 124. The number of hydrogen-bond acceptors (Lipinski definition) is 3. The Labute approximate surface area is 81.1 Å². The Balaban J connectivity index is 1.93. The van der Waals surface area contributed by atoms with Gasteiger partial charge in [-0.1, -0.05) is 0 Å². The molecular formula is C10H22N2O. The standard InChI is InChI=1S/C10H22N2O/c1-10(4-9-13)11-5-8-12-6-2-3-7-12/h10-11,13H,2-9H2,1H3. The molecule has 0 radical (unpaired) electrons. The van der Waals surface area contributed by atoms with Crippen molar-refractivity contribution in [3.63, 3.8) is 0 Å². The first-order chi connectivity index (χ1) is 6.33. The largest absolute Gasteiger partial charge is 0.396 e. The summed E-state index contributed by atoms with van der Waals surface area (Å²) in [5.74, 6) is 0. The molecule has 1 aliphatic heterocycles. The summed E-state index contributed by atoms with van der Waals surface area (Å²) in [5.41, 5.74) is 0. The lowest BCUT2D eigenvalue weighted by atomic mass is 10.2. The van der Waals surface area contributed by atoms with Gasteiger partial charge in [-0.05, 0) is 39.3 Å². The second-order valence-electron chi connectivity index (χ2n) is 3.92. The number of nitrogens with one attached hydrogen (secondary N) is 1. The molecule has 78 valence electrons. The van der Waals surface area contributed by atoms with Crippen LogP contribution in [0.2, 0.25) is 0 Å². The van der Waals surface area contributed by atoms with Gasteiger partial charge in [0, 0.05) is 25.7 Å². The molecule has 0 aromatic rings. The highest BCUT2D eigenvalue weighted by Gasteiger charge is 2.10. The second-order valence-corrected chi connectivity index (χ2v) is 3.92. The van der Waals surface area contributed by atoms with Crippen LogP contribution in [-0.2, 0) is 0 Å². The third-order valence-electron chi connectivity index (χ3n) is 2.68. The maximum atomic E-state index is 8.70. The van der Waals surface area contributed by atoms with Gasteiger partial charge in [-0.25, -0.2) is 0 Å². The van der Waals surface area contributed by atoms with Gasteiger partial charge in [0.15, 0.2) is 0 Å². The number of aliphatic hydroxyl groups excluding tert-OH is 1. The van der Waals surface area contributed by atoms with Gasteiger partial charge < -0.3 is 15.3 Å². The number of aliphatic hydroxyl groups is 1. The first-order valence-corrected chi connectivity index (χ1v) is 5.39. The van der Waals surface area contributed by atoms with E-state index in [1.807, 2.05) is 0 Å². The smallest absolute Gasteiger partial charge is 0.0445 e. The molecule has 0 saturated carbocycles. The fourth-order valence-corrected chi connectivity index (χ4v) is 1.77. The molecule has 1 heterocycles. The van der Waals surface area contributed by atoms with Gasteiger partial charge in [0.25, 0.3) is 0 Å². The van der Waals surface area contributed by atoms with Gasteiger partial charge in [-0.3, -0.25) is 0 Å². The molecule has 2 N–H and O–H groups in total. The summed E-state index contributed by atoms with van der Waals surface area (Å²) in [6, 6.07) is 0.451. The van der Waals surface area contributed by atoms with E-state index in [1.165, 1.54) is 25.9 Å². The van der Waals surface area contributed by atoms with Crippen molar-refractivity contribution in [2.45, 2.75) is 32.2 Å². The fraction of sp³-hybridized carbons (Fsp3) is 1.00. The van der Waals surface area contributed by atoms with Gasteiger partial charge in [-0.2, -0.15) is 0 Å². The molecule has 1 fully saturated rings. The maximum Gasteiger partial charge on any atom is 0.0445 e. The molecule has 1 rings (SSSR count). The van der Waals surface area contributed by atoms with Crippen molar-refractivity contribution in [2.24, 2.45) is 0 Å². The molecule has 13 heavy (non-hydrogen) atoms. The number of likely N-dealkylation sites (tertiary alicyclic amines) is 1. The predicted octanol–water partition coefficient (Wildman–Crippen LogP) is 0.443. The highest BCUT2D eigenvalue weighted by Crippen LogP contribution is 2.05. The average molecular weight is 186 g/mol. The zero-order chi connectivity index (χ0) is 9.52. The van der Waals surface area contributed by atoms with Crippen LogP contribution in [0.3, 0.4) is 0 Å². The highest BCUT2D eigenvalue weighted by molar-refractivity contribution is 4.68. The third kappa shape index (κ3) is 4.60. The molecule has 1 saturated heterocycles. The van der Waals surface area contributed by atoms with Crippen LogP contribution in [0.25, 0.3) is 0 Å². The Morgan fingerprint density at radius 1 is 1.38 bits per heavy atom. The van der Waals surface area contributed by atoms with Crippen molar-refractivity contribution in [3.8, 4) is 0 Å². The summed E-state index contributed by atoms with van der Waals surface area (Å²) in [7, 11) is 0. The molecule has 0 amide bonds. The molecule has 0 spiro atoms. The molecule has 0 bridgehead atoms. The minimum Gasteiger partial charge on any atom is -0.396 e. The van der Waals surface area contributed by atoms with E-state index < -0.39 is 0 Å². The summed E-state index contributed by atoms with van der Waals surface area (Å²) in [5, 5.41) is 12.1. The van der Waals surface area contributed by atoms with Crippen molar-refractivity contribution in [3.05, 3.63) is 0 Å². The van der Waals surface area contributed by atoms with Crippen LogP contribution >= 0.6 is 0 Å². The third-order valence-corrected chi connectivity index (χ3v) is 2.68. The Hall–Kier alpha value is -0.120. The van der Waals surface area contributed by atoms with E-state index in [2.05, 4.69) is 17.1 Å². The SMILES string of the molecule is CC(CCO)NCCN1CCCC1. The van der Waals surface area contributed by atoms with Crippen LogP contribution in [0.4, 0.5) is 0 Å². The van der Waals surface area contributed by atoms with Gasteiger partial charge in [0.05, 0.1) is 0 Å². The first kappa shape index (κ1) is 11.0. The van der Waals surface area contributed by atoms with Gasteiger partial charge in [-0.15, -0.1) is 0 Å². The summed E-state index contributed by atoms with van der Waals surface area (Å²) in [6.07, 6.45) is 3.60. The molecule has 0 aromatic heterocycles. The zero-order valence-corrected chi connectivity index (χ0v) is 8.63. The summed E-state index contributed by atoms with van der Waals surface area (Å²) in [4.78, 5) is 2.50. The Morgan fingerprint density at radius 2 is 2.08 bits per heavy atom. The first-order valence-electron chi connectivity index (χ1n) is 5.39. The molecule has 1 aliphatic rings. The van der Waals surface area contributed by atoms with Crippen LogP contribution < -0.4 is 5.32 Å². The van der Waals surface area contributed by atoms with Crippen molar-refractivity contribution >= 4 is 0 Å². The zero-order valence-electron chi connectivity index (χ0n) is 8.63. The van der Waals surface area contributed by atoms with Crippen molar-refractivity contribution in [1.29, 1.82) is 0 Å². The van der Waals surface area contributed by atoms with Crippen LogP contribution in [0.5, 0.6) is 0 Å². The minimum absolute atomic E-state index is 0.290. The highest BCUT2D eigenvalue weighted by atomic mass is 16.3. The molecular weight excluding hydrogens is 164 g/mol. The van der Waals surface area contributed by atoms with E-state index in [0.717, 1.165) is 19.5 Å². The summed E-state index contributed by atoms with van der Waals surface area (Å²) < 4.78 is 0. The molecule has 1 unspecified atom stereocenters. The minimum atomic E-state index is 0.290. The van der Waals surface area contributed by atoms with Crippen molar-refractivity contribution in [1.82, 2.24) is 10.2 Å². The number of rotatable bonds is 6. The van der Waals surface area contributed by atoms with Crippen LogP contribution in [0.1, 0.15) is 26.2 Å². The van der Waals surface area contributed by atoms with Crippen molar-refractivity contribution in [2.75, 3.05) is 32.8 Å². The lowest BCUT2D eigenvalue weighted by Crippen LogP contribution is -2.35. The normalized spacial score (nSPS) is 20.8. The number of hydrogen-bond donors (Lipinski definition) is 2. The van der Waals surface area contributed by atoms with E-state index in [0.29, 0.717) is 6.04 Å². The lowest BCUT2D eigenvalue weighted by molar-refractivity contribution is 0.263. The summed E-state index contributed by atoms with van der Waals surface area (Å²) >= 11 is 0. The van der Waals surface area contributed by atoms with Gasteiger partial charge in [0.1, 0.15) is 0 Å². The fourth-order valence-electron chi connectivity index (χ4n) is 1.77. The van der Waals surface area contributed by atoms with Crippen molar-refractivity contribution < 1.29 is 5.11 Å². The van der Waals surface area contributed by atoms with E-state index in [4.69, 9.17) is 5.11 Å². The van der Waals surface area contributed by atoms with Crippen LogP contribution in [-0.4, -0.2) is 48.8 Å². The molecule has 1 atom stereocenters. The topological polar surface area (TPSA) is 35.5 Å². The van der Waals surface area contributed by atoms with E-state index in [-0.39, 0.29) is 6.61 Å². The van der Waals surface area contributed by atoms with E-state index >= 15 is 0 Å². The Morgan fingerprint density at radius 3 is 2.69 bits per heavy atom. The van der Waals surface area contributed by atoms with Crippen LogP contribution in [0.15, 0.2) is 0 Å². The number of nitrogens with zero attached hydrogens (tertiary/aromatic N) is 1. The average Bonchev–Trinajstić information content (AvgIpc) is 2.57. The van der Waals surface area contributed by atoms with Gasteiger partial charge in [0.2, 0.25) is 0 Å². The summed E-state index contributed by atoms with van der Waals surface area (Å²) in [6.45, 7) is 7.18. The quantitative estimate of drug-likeness (QED) is 0.632. The van der Waals surface area contributed by atoms with E-state index in [9.17, 15) is 0 Å². The van der Waals surface area contributed by atoms with Crippen LogP contribution in [0, 0.1) is 0 Å². The molecule has 0 aliphatic carbocycles. The Kier molecular flexibility index (Phi) is 5.35. The molecule has 3 nitrogen and oxygen atoms in total. The second kappa shape index (κ2) is 6.35. The lowest BCUT2D eigenvalue weighted by Gasteiger charge is -2.17. The van der Waals surface area contributed by atoms with Gasteiger partial charge >= 0.3 is 0 Å². The molecule has 0 aromatic carbocycles. The molecule has 3 heteroatoms. The maximum absolute atomic E-state index is 8.70. The monoisotopic (exact) mass is 186 g/mol.